The molecule has 0 saturated heterocycles. The Hall–Kier alpha value is -0.900. The first-order chi connectivity index (χ1) is 5.24. The Balaban J connectivity index is 2.66. The fraction of sp³-hybridized carbons (Fsp3) is 0.714. The number of nitrogens with zero attached hydrogens (tertiary/aromatic N) is 2. The van der Waals surface area contributed by atoms with Crippen LogP contribution in [0.1, 0.15) is 38.0 Å². The van der Waals surface area contributed by atoms with Gasteiger partial charge in [-0.2, -0.15) is 5.10 Å². The molecule has 0 bridgehead atoms. The van der Waals surface area contributed by atoms with E-state index in [2.05, 4.69) is 22.1 Å². The third kappa shape index (κ3) is 2.01. The summed E-state index contributed by atoms with van der Waals surface area (Å²) in [6, 6.07) is -0.0724. The molecule has 1 heterocycles. The number of nitrogens with two attached hydrogens (primary N) is 1. The molecule has 1 atom stereocenters. The Morgan fingerprint density at radius 1 is 1.64 bits per heavy atom. The third-order valence-corrected chi connectivity index (χ3v) is 1.44. The van der Waals surface area contributed by atoms with E-state index in [1.807, 2.05) is 6.92 Å². The standard InChI is InChI=1S/C7H14N4/c1-3-4-6-9-7(5(2)8)11-10-6/h5H,3-4,8H2,1-2H3,(H,9,10,11)/t5-/m1/s1. The molecular formula is C7H14N4. The Morgan fingerprint density at radius 3 is 2.82 bits per heavy atom. The maximum absolute atomic E-state index is 5.58. The largest absolute Gasteiger partial charge is 0.321 e. The molecule has 0 saturated carbocycles. The summed E-state index contributed by atoms with van der Waals surface area (Å²) in [5.41, 5.74) is 5.58. The lowest BCUT2D eigenvalue weighted by Crippen LogP contribution is -2.06. The van der Waals surface area contributed by atoms with Crippen molar-refractivity contribution in [2.75, 3.05) is 0 Å². The second-order valence-corrected chi connectivity index (χ2v) is 2.68. The van der Waals surface area contributed by atoms with Crippen LogP contribution in [0.2, 0.25) is 0 Å². The molecule has 11 heavy (non-hydrogen) atoms. The smallest absolute Gasteiger partial charge is 0.167 e. The van der Waals surface area contributed by atoms with Gasteiger partial charge in [0.2, 0.25) is 0 Å². The van der Waals surface area contributed by atoms with Crippen molar-refractivity contribution in [1.29, 1.82) is 0 Å². The van der Waals surface area contributed by atoms with Crippen molar-refractivity contribution in [2.45, 2.75) is 32.7 Å². The zero-order valence-electron chi connectivity index (χ0n) is 6.96. The van der Waals surface area contributed by atoms with E-state index in [1.165, 1.54) is 0 Å². The first kappa shape index (κ1) is 8.20. The minimum Gasteiger partial charge on any atom is -0.321 e. The van der Waals surface area contributed by atoms with Crippen molar-refractivity contribution in [3.8, 4) is 0 Å². The molecule has 0 unspecified atom stereocenters. The van der Waals surface area contributed by atoms with E-state index in [4.69, 9.17) is 5.73 Å². The average Bonchev–Trinajstić information content (AvgIpc) is 2.37. The molecule has 1 rings (SSSR count). The van der Waals surface area contributed by atoms with Crippen LogP contribution in [0.3, 0.4) is 0 Å². The molecule has 62 valence electrons. The Kier molecular flexibility index (Phi) is 2.59. The number of H-pyrrole nitrogens is 1. The fourth-order valence-electron chi connectivity index (χ4n) is 0.862. The van der Waals surface area contributed by atoms with Crippen molar-refractivity contribution in [1.82, 2.24) is 15.2 Å². The van der Waals surface area contributed by atoms with E-state index in [9.17, 15) is 0 Å². The van der Waals surface area contributed by atoms with Gasteiger partial charge < -0.3 is 5.73 Å². The summed E-state index contributed by atoms with van der Waals surface area (Å²) in [6.45, 7) is 3.98. The quantitative estimate of drug-likeness (QED) is 0.676. The second-order valence-electron chi connectivity index (χ2n) is 2.68. The van der Waals surface area contributed by atoms with Gasteiger partial charge in [0, 0.05) is 6.42 Å². The molecule has 1 aromatic rings. The number of rotatable bonds is 3. The summed E-state index contributed by atoms with van der Waals surface area (Å²) < 4.78 is 0. The summed E-state index contributed by atoms with van der Waals surface area (Å²) in [5.74, 6) is 1.63. The molecule has 0 spiro atoms. The van der Waals surface area contributed by atoms with Crippen molar-refractivity contribution >= 4 is 0 Å². The number of aryl methyl sites for hydroxylation is 1. The molecule has 4 heteroatoms. The van der Waals surface area contributed by atoms with Gasteiger partial charge >= 0.3 is 0 Å². The summed E-state index contributed by atoms with van der Waals surface area (Å²) in [5, 5.41) is 6.82. The van der Waals surface area contributed by atoms with E-state index < -0.39 is 0 Å². The van der Waals surface area contributed by atoms with Crippen molar-refractivity contribution in [3.05, 3.63) is 11.6 Å². The maximum atomic E-state index is 5.58. The summed E-state index contributed by atoms with van der Waals surface area (Å²) >= 11 is 0. The molecule has 4 nitrogen and oxygen atoms in total. The molecule has 0 aliphatic heterocycles. The molecular weight excluding hydrogens is 140 g/mol. The van der Waals surface area contributed by atoms with Crippen LogP contribution in [0.25, 0.3) is 0 Å². The molecule has 0 amide bonds. The van der Waals surface area contributed by atoms with Crippen molar-refractivity contribution in [3.63, 3.8) is 0 Å². The molecule has 0 aliphatic carbocycles. The zero-order chi connectivity index (χ0) is 8.27. The lowest BCUT2D eigenvalue weighted by atomic mass is 10.3. The van der Waals surface area contributed by atoms with Gasteiger partial charge in [-0.05, 0) is 13.3 Å². The van der Waals surface area contributed by atoms with Crippen LogP contribution >= 0.6 is 0 Å². The average molecular weight is 154 g/mol. The zero-order valence-corrected chi connectivity index (χ0v) is 6.96. The first-order valence-electron chi connectivity index (χ1n) is 3.90. The predicted molar refractivity (Wildman–Crippen MR) is 43.0 cm³/mol. The van der Waals surface area contributed by atoms with Gasteiger partial charge in [-0.1, -0.05) is 6.92 Å². The number of hydrogen-bond donors (Lipinski definition) is 2. The highest BCUT2D eigenvalue weighted by Gasteiger charge is 2.05. The minimum atomic E-state index is -0.0724. The topological polar surface area (TPSA) is 67.6 Å². The summed E-state index contributed by atoms with van der Waals surface area (Å²) in [7, 11) is 0. The third-order valence-electron chi connectivity index (χ3n) is 1.44. The first-order valence-corrected chi connectivity index (χ1v) is 3.90. The van der Waals surface area contributed by atoms with E-state index in [0.29, 0.717) is 5.82 Å². The molecule has 1 aromatic heterocycles. The minimum absolute atomic E-state index is 0.0724. The Bertz CT molecular complexity index is 216. The SMILES string of the molecule is CCCc1nc([C@@H](C)N)n[nH]1. The highest BCUT2D eigenvalue weighted by atomic mass is 15.2. The van der Waals surface area contributed by atoms with Gasteiger partial charge in [0.15, 0.2) is 5.82 Å². The summed E-state index contributed by atoms with van der Waals surface area (Å²) in [4.78, 5) is 4.21. The van der Waals surface area contributed by atoms with Crippen LogP contribution in [-0.4, -0.2) is 15.2 Å². The van der Waals surface area contributed by atoms with Crippen LogP contribution in [0, 0.1) is 0 Å². The molecule has 0 radical (unpaired) electrons. The number of aromatic nitrogens is 3. The van der Waals surface area contributed by atoms with Gasteiger partial charge in [0.1, 0.15) is 5.82 Å². The van der Waals surface area contributed by atoms with E-state index >= 15 is 0 Å². The number of nitrogens with one attached hydrogen (secondary N) is 1. The second kappa shape index (κ2) is 3.48. The monoisotopic (exact) mass is 154 g/mol. The van der Waals surface area contributed by atoms with E-state index in [-0.39, 0.29) is 6.04 Å². The predicted octanol–water partition coefficient (Wildman–Crippen LogP) is 0.777. The maximum Gasteiger partial charge on any atom is 0.167 e. The molecule has 3 N–H and O–H groups in total. The molecule has 0 aliphatic rings. The summed E-state index contributed by atoms with van der Waals surface area (Å²) in [6.07, 6.45) is 2.02. The highest BCUT2D eigenvalue weighted by molar-refractivity contribution is 4.94. The van der Waals surface area contributed by atoms with E-state index in [0.717, 1.165) is 18.7 Å². The van der Waals surface area contributed by atoms with Gasteiger partial charge in [-0.25, -0.2) is 4.98 Å². The molecule has 0 aromatic carbocycles. The normalized spacial score (nSPS) is 13.4. The van der Waals surface area contributed by atoms with Gasteiger partial charge in [-0.15, -0.1) is 0 Å². The Morgan fingerprint density at radius 2 is 2.36 bits per heavy atom. The number of hydrogen-bond acceptors (Lipinski definition) is 3. The Labute approximate surface area is 66.2 Å². The highest BCUT2D eigenvalue weighted by Crippen LogP contribution is 2.02. The lowest BCUT2D eigenvalue weighted by Gasteiger charge is -1.94. The molecule has 0 fully saturated rings. The van der Waals surface area contributed by atoms with Gasteiger partial charge in [-0.3, -0.25) is 5.10 Å². The fourth-order valence-corrected chi connectivity index (χ4v) is 0.862. The van der Waals surface area contributed by atoms with Crippen LogP contribution in [-0.2, 0) is 6.42 Å². The number of aromatic amines is 1. The van der Waals surface area contributed by atoms with Crippen molar-refractivity contribution in [2.24, 2.45) is 5.73 Å². The van der Waals surface area contributed by atoms with Crippen LogP contribution in [0.15, 0.2) is 0 Å². The van der Waals surface area contributed by atoms with E-state index in [1.54, 1.807) is 0 Å². The lowest BCUT2D eigenvalue weighted by molar-refractivity contribution is 0.744. The van der Waals surface area contributed by atoms with Crippen molar-refractivity contribution < 1.29 is 0 Å². The van der Waals surface area contributed by atoms with Gasteiger partial charge in [0.05, 0.1) is 6.04 Å². The van der Waals surface area contributed by atoms with Crippen LogP contribution in [0.5, 0.6) is 0 Å². The van der Waals surface area contributed by atoms with Gasteiger partial charge in [0.25, 0.3) is 0 Å². The van der Waals surface area contributed by atoms with Crippen LogP contribution < -0.4 is 5.73 Å². The van der Waals surface area contributed by atoms with Crippen LogP contribution in [0.4, 0.5) is 0 Å².